The summed E-state index contributed by atoms with van der Waals surface area (Å²) in [6, 6.07) is 29.9. The zero-order valence-corrected chi connectivity index (χ0v) is 20.2. The van der Waals surface area contributed by atoms with Crippen LogP contribution in [0.25, 0.3) is 0 Å². The quantitative estimate of drug-likeness (QED) is 0.425. The van der Waals surface area contributed by atoms with Crippen LogP contribution in [0.5, 0.6) is 0 Å². The van der Waals surface area contributed by atoms with Gasteiger partial charge in [-0.3, -0.25) is 0 Å². The zero-order chi connectivity index (χ0) is 23.6. The molecular weight excluding hydrogens is 448 g/mol. The summed E-state index contributed by atoms with van der Waals surface area (Å²) in [5, 5.41) is 11.3. The molecule has 1 heterocycles. The molecule has 3 aromatic rings. The van der Waals surface area contributed by atoms with E-state index in [2.05, 4.69) is 0 Å². The number of aliphatic hydroxyl groups excluding tert-OH is 1. The van der Waals surface area contributed by atoms with E-state index in [0.717, 1.165) is 16.7 Å². The predicted octanol–water partition coefficient (Wildman–Crippen LogP) is 4.82. The molecule has 4 rings (SSSR count). The van der Waals surface area contributed by atoms with Gasteiger partial charge in [-0.1, -0.05) is 91.0 Å². The first kappa shape index (κ1) is 24.9. The Balaban J connectivity index is 1.44. The van der Waals surface area contributed by atoms with Crippen LogP contribution in [0, 0.1) is 0 Å². The van der Waals surface area contributed by atoms with Crippen molar-refractivity contribution in [3.8, 4) is 0 Å². The molecule has 3 aromatic carbocycles. The van der Waals surface area contributed by atoms with Crippen LogP contribution in [0.2, 0.25) is 0 Å². The summed E-state index contributed by atoms with van der Waals surface area (Å²) in [5.41, 5.74) is 2.89. The van der Waals surface area contributed by atoms with Crippen LogP contribution in [-0.4, -0.2) is 47.8 Å². The van der Waals surface area contributed by atoms with Gasteiger partial charge in [0.15, 0.2) is 0 Å². The molecule has 0 amide bonds. The van der Waals surface area contributed by atoms with Gasteiger partial charge in [0.2, 0.25) is 0 Å². The van der Waals surface area contributed by atoms with Gasteiger partial charge in [0.25, 0.3) is 0 Å². The van der Waals surface area contributed by atoms with Gasteiger partial charge in [-0.05, 0) is 22.9 Å². The molecule has 180 valence electrons. The summed E-state index contributed by atoms with van der Waals surface area (Å²) >= 11 is 1.56. The molecule has 0 bridgehead atoms. The highest BCUT2D eigenvalue weighted by Crippen LogP contribution is 2.32. The summed E-state index contributed by atoms with van der Waals surface area (Å²) in [6.07, 6.45) is -0.404. The molecule has 0 saturated carbocycles. The second kappa shape index (κ2) is 13.0. The van der Waals surface area contributed by atoms with E-state index in [1.54, 1.807) is 11.8 Å². The highest BCUT2D eigenvalue weighted by molar-refractivity contribution is 7.99. The minimum absolute atomic E-state index is 0.268. The Labute approximate surface area is 206 Å². The molecule has 0 aromatic heterocycles. The number of hydrogen-bond donors (Lipinski definition) is 1. The largest absolute Gasteiger partial charge is 0.387 e. The summed E-state index contributed by atoms with van der Waals surface area (Å²) in [5.74, 6) is 0. The molecule has 6 heteroatoms. The Kier molecular flexibility index (Phi) is 9.56. The number of hydrogen-bond acceptors (Lipinski definition) is 6. The standard InChI is InChI=1S/C28H32O5S/c1-34-28-27(32-19-23-15-9-4-10-16-23)26(31-18-22-13-7-3-8-14-22)25(29)24(33-28)20-30-17-21-11-5-2-6-12-21/h2-16,24-29H,17-20H2,1H3/t24-,25-,26+,27-,28+/m1/s1. The Bertz CT molecular complexity index is 956. The maximum atomic E-state index is 11.3. The Morgan fingerprint density at radius 2 is 1.18 bits per heavy atom. The van der Waals surface area contributed by atoms with Crippen molar-refractivity contribution in [2.75, 3.05) is 12.9 Å². The number of thioether (sulfide) groups is 1. The highest BCUT2D eigenvalue weighted by Gasteiger charge is 2.46. The smallest absolute Gasteiger partial charge is 0.132 e. The van der Waals surface area contributed by atoms with Crippen LogP contribution in [-0.2, 0) is 38.8 Å². The molecule has 0 unspecified atom stereocenters. The number of rotatable bonds is 11. The molecule has 1 N–H and O–H groups in total. The minimum atomic E-state index is -0.886. The molecule has 1 aliphatic rings. The van der Waals surface area contributed by atoms with Crippen LogP contribution in [0.15, 0.2) is 91.0 Å². The maximum Gasteiger partial charge on any atom is 0.132 e. The van der Waals surface area contributed by atoms with E-state index in [-0.39, 0.29) is 12.0 Å². The van der Waals surface area contributed by atoms with Gasteiger partial charge < -0.3 is 24.1 Å². The van der Waals surface area contributed by atoms with E-state index in [4.69, 9.17) is 18.9 Å². The SMILES string of the molecule is CS[C@@H]1O[C@H](COCc2ccccc2)[C@@H](O)[C@H](OCc2ccccc2)[C@H]1OCc1ccccc1. The van der Waals surface area contributed by atoms with Gasteiger partial charge in [-0.15, -0.1) is 11.8 Å². The zero-order valence-electron chi connectivity index (χ0n) is 19.4. The molecule has 34 heavy (non-hydrogen) atoms. The predicted molar refractivity (Wildman–Crippen MR) is 134 cm³/mol. The fourth-order valence-corrected chi connectivity index (χ4v) is 4.74. The van der Waals surface area contributed by atoms with Crippen LogP contribution >= 0.6 is 11.8 Å². The Hall–Kier alpha value is -2.19. The van der Waals surface area contributed by atoms with Crippen LogP contribution in [0.4, 0.5) is 0 Å². The Morgan fingerprint density at radius 3 is 1.68 bits per heavy atom. The van der Waals surface area contributed by atoms with Crippen LogP contribution < -0.4 is 0 Å². The lowest BCUT2D eigenvalue weighted by Gasteiger charge is -2.44. The fourth-order valence-electron chi connectivity index (χ4n) is 3.99. The minimum Gasteiger partial charge on any atom is -0.387 e. The van der Waals surface area contributed by atoms with Gasteiger partial charge in [0, 0.05) is 0 Å². The summed E-state index contributed by atoms with van der Waals surface area (Å²) < 4.78 is 24.7. The lowest BCUT2D eigenvalue weighted by atomic mass is 9.99. The Morgan fingerprint density at radius 1 is 0.706 bits per heavy atom. The van der Waals surface area contributed by atoms with Gasteiger partial charge in [-0.25, -0.2) is 0 Å². The third-order valence-electron chi connectivity index (χ3n) is 5.82. The summed E-state index contributed by atoms with van der Waals surface area (Å²) in [7, 11) is 0. The second-order valence-electron chi connectivity index (χ2n) is 8.29. The molecule has 1 aliphatic heterocycles. The van der Waals surface area contributed by atoms with Gasteiger partial charge in [0.05, 0.1) is 26.4 Å². The molecule has 5 atom stereocenters. The van der Waals surface area contributed by atoms with Gasteiger partial charge >= 0.3 is 0 Å². The molecule has 0 aliphatic carbocycles. The number of ether oxygens (including phenoxy) is 4. The normalized spacial score (nSPS) is 24.7. The van der Waals surface area contributed by atoms with E-state index in [9.17, 15) is 5.11 Å². The van der Waals surface area contributed by atoms with Crippen molar-refractivity contribution in [2.24, 2.45) is 0 Å². The van der Waals surface area contributed by atoms with E-state index in [0.29, 0.717) is 19.8 Å². The third kappa shape index (κ3) is 6.92. The van der Waals surface area contributed by atoms with Crippen molar-refractivity contribution in [2.45, 2.75) is 49.7 Å². The molecule has 0 spiro atoms. The molecule has 1 saturated heterocycles. The lowest BCUT2D eigenvalue weighted by molar-refractivity contribution is -0.240. The number of aliphatic hydroxyl groups is 1. The third-order valence-corrected chi connectivity index (χ3v) is 6.66. The van der Waals surface area contributed by atoms with Crippen molar-refractivity contribution in [3.63, 3.8) is 0 Å². The maximum absolute atomic E-state index is 11.3. The molecular formula is C28H32O5S. The van der Waals surface area contributed by atoms with E-state index in [1.807, 2.05) is 97.3 Å². The molecule has 1 fully saturated rings. The summed E-state index contributed by atoms with van der Waals surface area (Å²) in [6.45, 7) is 1.52. The van der Waals surface area contributed by atoms with E-state index >= 15 is 0 Å². The first-order valence-electron chi connectivity index (χ1n) is 11.5. The van der Waals surface area contributed by atoms with Crippen LogP contribution in [0.1, 0.15) is 16.7 Å². The second-order valence-corrected chi connectivity index (χ2v) is 9.23. The topological polar surface area (TPSA) is 57.2 Å². The van der Waals surface area contributed by atoms with Gasteiger partial charge in [0.1, 0.15) is 29.9 Å². The van der Waals surface area contributed by atoms with Crippen molar-refractivity contribution in [1.82, 2.24) is 0 Å². The number of benzene rings is 3. The highest BCUT2D eigenvalue weighted by atomic mass is 32.2. The lowest BCUT2D eigenvalue weighted by Crippen LogP contribution is -2.59. The average molecular weight is 481 g/mol. The average Bonchev–Trinajstić information content (AvgIpc) is 2.89. The summed E-state index contributed by atoms with van der Waals surface area (Å²) in [4.78, 5) is 0. The first-order valence-corrected chi connectivity index (χ1v) is 12.8. The molecule has 5 nitrogen and oxygen atoms in total. The monoisotopic (exact) mass is 480 g/mol. The van der Waals surface area contributed by atoms with Crippen molar-refractivity contribution in [3.05, 3.63) is 108 Å². The van der Waals surface area contributed by atoms with Gasteiger partial charge in [-0.2, -0.15) is 0 Å². The van der Waals surface area contributed by atoms with E-state index < -0.39 is 24.4 Å². The van der Waals surface area contributed by atoms with Crippen molar-refractivity contribution in [1.29, 1.82) is 0 Å². The van der Waals surface area contributed by atoms with E-state index in [1.165, 1.54) is 0 Å². The molecule has 0 radical (unpaired) electrons. The fraction of sp³-hybridized carbons (Fsp3) is 0.357. The van der Waals surface area contributed by atoms with Crippen molar-refractivity contribution >= 4 is 11.8 Å². The van der Waals surface area contributed by atoms with Crippen molar-refractivity contribution < 1.29 is 24.1 Å². The first-order chi connectivity index (χ1) is 16.7. The van der Waals surface area contributed by atoms with Crippen LogP contribution in [0.3, 0.4) is 0 Å².